The third kappa shape index (κ3) is 5.07. The molecule has 0 N–H and O–H groups in total. The quantitative estimate of drug-likeness (QED) is 0.167. The van der Waals surface area contributed by atoms with Gasteiger partial charge in [-0.25, -0.2) is 0 Å². The lowest BCUT2D eigenvalue weighted by atomic mass is 9.69. The first-order valence-electron chi connectivity index (χ1n) is 22.7. The first-order valence-corrected chi connectivity index (χ1v) is 22.7. The largest absolute Gasteiger partial charge is 0.450 e. The molecule has 5 aliphatic rings. The molecule has 9 aromatic carbocycles. The normalized spacial score (nSPS) is 19.4. The highest BCUT2D eigenvalue weighted by molar-refractivity contribution is 5.90. The molecule has 65 heavy (non-hydrogen) atoms. The Bertz CT molecular complexity index is 3410. The van der Waals surface area contributed by atoms with Crippen LogP contribution >= 0.6 is 0 Å². The number of allylic oxidation sites excluding steroid dienone is 2. The Hall–Kier alpha value is -8.14. The van der Waals surface area contributed by atoms with E-state index in [1.54, 1.807) is 0 Å². The van der Waals surface area contributed by atoms with E-state index in [0.717, 1.165) is 45.3 Å². The van der Waals surface area contributed by atoms with Crippen molar-refractivity contribution in [3.63, 3.8) is 0 Å². The molecule has 2 spiro atoms. The van der Waals surface area contributed by atoms with Crippen LogP contribution in [0, 0.1) is 11.8 Å². The fourth-order valence-corrected chi connectivity index (χ4v) is 12.2. The topological polar surface area (TPSA) is 21.7 Å². The van der Waals surface area contributed by atoms with E-state index in [4.69, 9.17) is 9.47 Å². The Balaban J connectivity index is 0.901. The van der Waals surface area contributed by atoms with Gasteiger partial charge < -0.3 is 14.4 Å². The number of anilines is 3. The summed E-state index contributed by atoms with van der Waals surface area (Å²) in [6.45, 7) is 0. The van der Waals surface area contributed by atoms with E-state index < -0.39 is 0 Å². The van der Waals surface area contributed by atoms with Gasteiger partial charge in [0.2, 0.25) is 0 Å². The maximum absolute atomic E-state index is 7.29. The minimum atomic E-state index is -0.275. The Morgan fingerprint density at radius 2 is 0.938 bits per heavy atom. The van der Waals surface area contributed by atoms with Crippen LogP contribution in [0.2, 0.25) is 0 Å². The Morgan fingerprint density at radius 3 is 1.63 bits per heavy atom. The second kappa shape index (κ2) is 13.7. The average Bonchev–Trinajstić information content (AvgIpc) is 3.84. The van der Waals surface area contributed by atoms with Gasteiger partial charge in [0.1, 0.15) is 0 Å². The summed E-state index contributed by atoms with van der Waals surface area (Å²) in [6, 6.07) is 81.2. The van der Waals surface area contributed by atoms with Gasteiger partial charge in [0.05, 0.1) is 11.1 Å². The van der Waals surface area contributed by atoms with Crippen LogP contribution < -0.4 is 14.4 Å². The maximum Gasteiger partial charge on any atom is 0.194 e. The van der Waals surface area contributed by atoms with Gasteiger partial charge in [-0.05, 0) is 127 Å². The smallest absolute Gasteiger partial charge is 0.194 e. The summed E-state index contributed by atoms with van der Waals surface area (Å²) in [5.74, 6) is 3.51. The van der Waals surface area contributed by atoms with Crippen LogP contribution in [0.1, 0.15) is 22.3 Å². The van der Waals surface area contributed by atoms with Crippen LogP contribution in [0.15, 0.2) is 248 Å². The van der Waals surface area contributed by atoms with Gasteiger partial charge in [0.25, 0.3) is 0 Å². The summed E-state index contributed by atoms with van der Waals surface area (Å²) in [7, 11) is 0. The van der Waals surface area contributed by atoms with Gasteiger partial charge >= 0.3 is 0 Å². The Morgan fingerprint density at radius 1 is 0.385 bits per heavy atom. The molecule has 306 valence electrons. The second-order valence-corrected chi connectivity index (χ2v) is 17.9. The molecular formula is C62H41NO2. The predicted molar refractivity (Wildman–Crippen MR) is 262 cm³/mol. The lowest BCUT2D eigenvalue weighted by Crippen LogP contribution is -2.29. The fraction of sp³-hybridized carbons (Fsp3) is 0.0645. The van der Waals surface area contributed by atoms with Crippen molar-refractivity contribution >= 4 is 17.1 Å². The number of para-hydroxylation sites is 1. The van der Waals surface area contributed by atoms with Gasteiger partial charge in [-0.3, -0.25) is 0 Å². The summed E-state index contributed by atoms with van der Waals surface area (Å²) in [6.07, 6.45) is 4.80. The van der Waals surface area contributed by atoms with E-state index in [2.05, 4.69) is 235 Å². The molecule has 4 aliphatic carbocycles. The van der Waals surface area contributed by atoms with Crippen molar-refractivity contribution in [2.45, 2.75) is 10.8 Å². The van der Waals surface area contributed by atoms with E-state index in [1.807, 2.05) is 6.07 Å². The van der Waals surface area contributed by atoms with Crippen molar-refractivity contribution in [1.29, 1.82) is 0 Å². The van der Waals surface area contributed by atoms with E-state index in [9.17, 15) is 0 Å². The van der Waals surface area contributed by atoms with Crippen molar-refractivity contribution in [1.82, 2.24) is 0 Å². The molecule has 0 saturated heterocycles. The molecule has 1 heterocycles. The number of benzene rings is 9. The van der Waals surface area contributed by atoms with Crippen molar-refractivity contribution in [3.05, 3.63) is 270 Å². The second-order valence-electron chi connectivity index (χ2n) is 17.9. The van der Waals surface area contributed by atoms with Crippen LogP contribution in [0.25, 0.3) is 44.5 Å². The molecule has 0 amide bonds. The zero-order valence-corrected chi connectivity index (χ0v) is 35.4. The highest BCUT2D eigenvalue weighted by Crippen LogP contribution is 2.81. The summed E-state index contributed by atoms with van der Waals surface area (Å²) in [4.78, 5) is 2.31. The number of hydrogen-bond donors (Lipinski definition) is 0. The van der Waals surface area contributed by atoms with Crippen molar-refractivity contribution < 1.29 is 9.47 Å². The predicted octanol–water partition coefficient (Wildman–Crippen LogP) is 15.2. The SMILES string of the molecule is C1=C2Oc3cccc(N(c4ccc(-c5ccccc5-c5ccccc5)cc4)c4cccc(-c5ccccc5)c4)c3OC2=CC23c4ccccc4C4(c5ccccc5-c5ccccc54)[C@H]2C13. The average molecular weight is 832 g/mol. The van der Waals surface area contributed by atoms with Crippen LogP contribution in [0.5, 0.6) is 11.5 Å². The molecular weight excluding hydrogens is 791 g/mol. The third-order valence-electron chi connectivity index (χ3n) is 14.8. The van der Waals surface area contributed by atoms with E-state index in [-0.39, 0.29) is 22.7 Å². The molecule has 9 aromatic rings. The van der Waals surface area contributed by atoms with Gasteiger partial charge in [-0.15, -0.1) is 0 Å². The standard InChI is InChI=1S/C62H41NO2/c1-3-17-40(18-4-1)43-21-15-22-45(37-43)63(44-35-33-42(34-36-44)47-24-8-7-23-46(47)41-19-5-2-6-20-41)55-31-16-32-56-59(55)65-58-39-61-52-29-13-14-30-53(52)62(60(61)54(61)38-57(58)64-56)50-27-11-9-25-48(50)49-26-10-12-28-51(49)62/h1-39,54,60H/t54?,60-,61?/m0/s1. The monoisotopic (exact) mass is 831 g/mol. The lowest BCUT2D eigenvalue weighted by molar-refractivity contribution is 0.287. The van der Waals surface area contributed by atoms with E-state index in [1.165, 1.54) is 50.1 Å². The first kappa shape index (κ1) is 36.4. The highest BCUT2D eigenvalue weighted by Gasteiger charge is 2.79. The zero-order valence-electron chi connectivity index (χ0n) is 35.4. The van der Waals surface area contributed by atoms with Gasteiger partial charge in [0.15, 0.2) is 23.0 Å². The number of fused-ring (bicyclic) bond motifs is 11. The highest BCUT2D eigenvalue weighted by atomic mass is 16.6. The van der Waals surface area contributed by atoms with E-state index >= 15 is 0 Å². The molecule has 14 rings (SSSR count). The molecule has 3 atom stereocenters. The first-order chi connectivity index (χ1) is 32.2. The molecule has 3 nitrogen and oxygen atoms in total. The van der Waals surface area contributed by atoms with Gasteiger partial charge in [-0.2, -0.15) is 0 Å². The third-order valence-corrected chi connectivity index (χ3v) is 14.8. The van der Waals surface area contributed by atoms with Crippen molar-refractivity contribution in [3.8, 4) is 56.0 Å². The molecule has 0 radical (unpaired) electrons. The molecule has 3 heteroatoms. The maximum atomic E-state index is 7.29. The molecule has 1 fully saturated rings. The lowest BCUT2D eigenvalue weighted by Gasteiger charge is -2.33. The summed E-state index contributed by atoms with van der Waals surface area (Å²) in [5.41, 5.74) is 17.7. The zero-order chi connectivity index (χ0) is 42.7. The van der Waals surface area contributed by atoms with E-state index in [0.29, 0.717) is 11.5 Å². The minimum absolute atomic E-state index is 0.231. The minimum Gasteiger partial charge on any atom is -0.450 e. The molecule has 0 bridgehead atoms. The number of ether oxygens (including phenoxy) is 2. The molecule has 0 aromatic heterocycles. The van der Waals surface area contributed by atoms with Gasteiger partial charge in [0, 0.05) is 16.8 Å². The fourth-order valence-electron chi connectivity index (χ4n) is 12.2. The summed E-state index contributed by atoms with van der Waals surface area (Å²) < 4.78 is 14.3. The number of nitrogens with zero attached hydrogens (tertiary/aromatic N) is 1. The Kier molecular flexibility index (Phi) is 7.65. The van der Waals surface area contributed by atoms with Crippen LogP contribution in [-0.4, -0.2) is 0 Å². The van der Waals surface area contributed by atoms with Gasteiger partial charge in [-0.1, -0.05) is 188 Å². The van der Waals surface area contributed by atoms with Crippen molar-refractivity contribution in [2.75, 3.05) is 4.90 Å². The summed E-state index contributed by atoms with van der Waals surface area (Å²) in [5, 5.41) is 0. The number of rotatable bonds is 6. The van der Waals surface area contributed by atoms with Crippen LogP contribution in [0.3, 0.4) is 0 Å². The molecule has 2 unspecified atom stereocenters. The van der Waals surface area contributed by atoms with Crippen LogP contribution in [0.4, 0.5) is 17.1 Å². The molecule has 1 aliphatic heterocycles. The Labute approximate surface area is 378 Å². The number of hydrogen-bond acceptors (Lipinski definition) is 3. The van der Waals surface area contributed by atoms with Crippen LogP contribution in [-0.2, 0) is 10.8 Å². The molecule has 1 saturated carbocycles. The van der Waals surface area contributed by atoms with Crippen molar-refractivity contribution in [2.24, 2.45) is 11.8 Å². The summed E-state index contributed by atoms with van der Waals surface area (Å²) >= 11 is 0.